The highest BCUT2D eigenvalue weighted by Gasteiger charge is 2.10. The fourth-order valence-electron chi connectivity index (χ4n) is 2.27. The van der Waals surface area contributed by atoms with Crippen LogP contribution in [0, 0.1) is 30.4 Å². The van der Waals surface area contributed by atoms with E-state index in [1.165, 1.54) is 19.4 Å². The van der Waals surface area contributed by atoms with E-state index in [9.17, 15) is 8.78 Å². The SMILES string of the molecule is COc1cc(C)c(-c2cnc(N)c(C#Cc3c(F)cccc3F)n2)cn1. The number of anilines is 1. The topological polar surface area (TPSA) is 73.9 Å². The summed E-state index contributed by atoms with van der Waals surface area (Å²) in [5.74, 6) is 4.06. The molecule has 0 bridgehead atoms. The maximum atomic E-state index is 13.7. The summed E-state index contributed by atoms with van der Waals surface area (Å²) in [5, 5.41) is 0. The van der Waals surface area contributed by atoms with Crippen LogP contribution in [0.2, 0.25) is 0 Å². The molecule has 0 unspecified atom stereocenters. The number of nitrogens with two attached hydrogens (primary N) is 1. The number of rotatable bonds is 2. The van der Waals surface area contributed by atoms with E-state index in [-0.39, 0.29) is 17.1 Å². The lowest BCUT2D eigenvalue weighted by Gasteiger charge is -2.07. The molecule has 1 aromatic carbocycles. The van der Waals surface area contributed by atoms with Gasteiger partial charge in [-0.2, -0.15) is 0 Å². The normalized spacial score (nSPS) is 10.2. The minimum atomic E-state index is -0.754. The van der Waals surface area contributed by atoms with Gasteiger partial charge in [0.2, 0.25) is 5.88 Å². The van der Waals surface area contributed by atoms with Crippen LogP contribution in [0.15, 0.2) is 36.7 Å². The minimum Gasteiger partial charge on any atom is -0.481 e. The van der Waals surface area contributed by atoms with E-state index >= 15 is 0 Å². The lowest BCUT2D eigenvalue weighted by molar-refractivity contribution is 0.397. The molecule has 3 aromatic rings. The van der Waals surface area contributed by atoms with Crippen LogP contribution in [0.25, 0.3) is 11.3 Å². The molecule has 2 N–H and O–H groups in total. The van der Waals surface area contributed by atoms with E-state index in [4.69, 9.17) is 10.5 Å². The van der Waals surface area contributed by atoms with Gasteiger partial charge in [-0.15, -0.1) is 0 Å². The summed E-state index contributed by atoms with van der Waals surface area (Å²) in [7, 11) is 1.53. The highest BCUT2D eigenvalue weighted by atomic mass is 19.1. The Kier molecular flexibility index (Phi) is 4.76. The van der Waals surface area contributed by atoms with Crippen molar-refractivity contribution in [3.8, 4) is 29.0 Å². The van der Waals surface area contributed by atoms with Crippen molar-refractivity contribution in [3.05, 3.63) is 65.1 Å². The number of methoxy groups -OCH3 is 1. The number of nitrogens with zero attached hydrogens (tertiary/aromatic N) is 3. The number of ether oxygens (including phenoxy) is 1. The average molecular weight is 352 g/mol. The first kappa shape index (κ1) is 17.3. The molecule has 0 saturated carbocycles. The second-order valence-electron chi connectivity index (χ2n) is 5.38. The number of aryl methyl sites for hydroxylation is 1. The first-order chi connectivity index (χ1) is 12.5. The number of hydrogen-bond donors (Lipinski definition) is 1. The molecule has 5 nitrogen and oxygen atoms in total. The zero-order chi connectivity index (χ0) is 18.7. The van der Waals surface area contributed by atoms with E-state index in [0.29, 0.717) is 11.6 Å². The molecule has 0 aliphatic heterocycles. The zero-order valence-electron chi connectivity index (χ0n) is 14.0. The van der Waals surface area contributed by atoms with Gasteiger partial charge >= 0.3 is 0 Å². The Balaban J connectivity index is 2.04. The molecule has 3 rings (SSSR count). The second kappa shape index (κ2) is 7.15. The van der Waals surface area contributed by atoms with Crippen molar-refractivity contribution in [3.63, 3.8) is 0 Å². The Bertz CT molecular complexity index is 1020. The monoisotopic (exact) mass is 352 g/mol. The predicted molar refractivity (Wildman–Crippen MR) is 93.3 cm³/mol. The number of nitrogen functional groups attached to an aromatic ring is 1. The van der Waals surface area contributed by atoms with E-state index in [2.05, 4.69) is 26.8 Å². The Morgan fingerprint density at radius 1 is 1.08 bits per heavy atom. The molecule has 0 aliphatic carbocycles. The molecule has 0 fully saturated rings. The van der Waals surface area contributed by atoms with Crippen LogP contribution in [0.5, 0.6) is 5.88 Å². The van der Waals surface area contributed by atoms with Gasteiger partial charge < -0.3 is 10.5 Å². The van der Waals surface area contributed by atoms with Crippen LogP contribution in [0.3, 0.4) is 0 Å². The number of halogens is 2. The highest BCUT2D eigenvalue weighted by molar-refractivity contribution is 5.64. The van der Waals surface area contributed by atoms with E-state index in [1.807, 2.05) is 6.92 Å². The van der Waals surface area contributed by atoms with E-state index in [0.717, 1.165) is 23.3 Å². The Morgan fingerprint density at radius 3 is 2.46 bits per heavy atom. The molecule has 2 aromatic heterocycles. The summed E-state index contributed by atoms with van der Waals surface area (Å²) in [6.07, 6.45) is 3.09. The van der Waals surface area contributed by atoms with Crippen LogP contribution in [-0.4, -0.2) is 22.1 Å². The van der Waals surface area contributed by atoms with Crippen molar-refractivity contribution in [1.29, 1.82) is 0 Å². The van der Waals surface area contributed by atoms with Gasteiger partial charge in [-0.1, -0.05) is 12.0 Å². The lowest BCUT2D eigenvalue weighted by atomic mass is 10.1. The molecule has 0 aliphatic rings. The summed E-state index contributed by atoms with van der Waals surface area (Å²) in [4.78, 5) is 12.6. The Hall–Kier alpha value is -3.53. The molecule has 26 heavy (non-hydrogen) atoms. The van der Waals surface area contributed by atoms with Gasteiger partial charge in [0, 0.05) is 17.8 Å². The van der Waals surface area contributed by atoms with Crippen molar-refractivity contribution >= 4 is 5.82 Å². The average Bonchev–Trinajstić information content (AvgIpc) is 2.62. The van der Waals surface area contributed by atoms with Gasteiger partial charge in [0.25, 0.3) is 0 Å². The van der Waals surface area contributed by atoms with Crippen molar-refractivity contribution in [2.45, 2.75) is 6.92 Å². The Labute approximate surface area is 148 Å². The van der Waals surface area contributed by atoms with Crippen molar-refractivity contribution in [2.24, 2.45) is 0 Å². The van der Waals surface area contributed by atoms with Gasteiger partial charge in [0.1, 0.15) is 11.6 Å². The molecule has 0 radical (unpaired) electrons. The number of hydrogen-bond acceptors (Lipinski definition) is 5. The first-order valence-electron chi connectivity index (χ1n) is 7.59. The fraction of sp³-hybridized carbons (Fsp3) is 0.105. The van der Waals surface area contributed by atoms with Crippen LogP contribution in [0.4, 0.5) is 14.6 Å². The second-order valence-corrected chi connectivity index (χ2v) is 5.38. The van der Waals surface area contributed by atoms with Crippen LogP contribution in [0.1, 0.15) is 16.8 Å². The van der Waals surface area contributed by atoms with Gasteiger partial charge in [-0.05, 0) is 30.5 Å². The largest absolute Gasteiger partial charge is 0.481 e. The third kappa shape index (κ3) is 3.44. The summed E-state index contributed by atoms with van der Waals surface area (Å²) in [6.45, 7) is 1.87. The lowest BCUT2D eigenvalue weighted by Crippen LogP contribution is -2.01. The molecular formula is C19H14F2N4O. The van der Waals surface area contributed by atoms with Crippen LogP contribution in [-0.2, 0) is 0 Å². The molecule has 0 atom stereocenters. The molecular weight excluding hydrogens is 338 g/mol. The maximum Gasteiger partial charge on any atom is 0.213 e. The highest BCUT2D eigenvalue weighted by Crippen LogP contribution is 2.24. The standard InChI is InChI=1S/C19H14F2N4O/c1-11-8-18(26-2)23-9-13(11)17-10-24-19(22)16(25-17)7-6-12-14(20)4-3-5-15(12)21/h3-5,8-10H,1-2H3,(H2,22,24). The molecule has 2 heterocycles. The summed E-state index contributed by atoms with van der Waals surface area (Å²) in [5.41, 5.74) is 7.65. The molecule has 130 valence electrons. The molecule has 7 heteroatoms. The summed E-state index contributed by atoms with van der Waals surface area (Å²) < 4.78 is 32.5. The summed E-state index contributed by atoms with van der Waals surface area (Å²) in [6, 6.07) is 5.29. The smallest absolute Gasteiger partial charge is 0.213 e. The summed E-state index contributed by atoms with van der Waals surface area (Å²) >= 11 is 0. The Morgan fingerprint density at radius 2 is 1.81 bits per heavy atom. The third-order valence-corrected chi connectivity index (χ3v) is 3.64. The van der Waals surface area contributed by atoms with Crippen molar-refractivity contribution < 1.29 is 13.5 Å². The van der Waals surface area contributed by atoms with Crippen LogP contribution < -0.4 is 10.5 Å². The zero-order valence-corrected chi connectivity index (χ0v) is 14.0. The minimum absolute atomic E-state index is 0.0668. The number of aromatic nitrogens is 3. The molecule has 0 spiro atoms. The van der Waals surface area contributed by atoms with Gasteiger partial charge in [0.05, 0.1) is 24.6 Å². The quantitative estimate of drug-likeness (QED) is 0.718. The number of pyridine rings is 1. The molecule has 0 amide bonds. The van der Waals surface area contributed by atoms with Crippen molar-refractivity contribution in [2.75, 3.05) is 12.8 Å². The van der Waals surface area contributed by atoms with Crippen LogP contribution >= 0.6 is 0 Å². The predicted octanol–water partition coefficient (Wildman–Crippen LogP) is 3.12. The number of benzene rings is 1. The van der Waals surface area contributed by atoms with Gasteiger partial charge in [0.15, 0.2) is 11.5 Å². The fourth-order valence-corrected chi connectivity index (χ4v) is 2.27. The first-order valence-corrected chi connectivity index (χ1v) is 7.59. The van der Waals surface area contributed by atoms with E-state index < -0.39 is 11.6 Å². The van der Waals surface area contributed by atoms with E-state index in [1.54, 1.807) is 12.3 Å². The molecule has 0 saturated heterocycles. The third-order valence-electron chi connectivity index (χ3n) is 3.64. The van der Waals surface area contributed by atoms with Crippen molar-refractivity contribution in [1.82, 2.24) is 15.0 Å². The van der Waals surface area contributed by atoms with Gasteiger partial charge in [-0.25, -0.2) is 23.7 Å². The van der Waals surface area contributed by atoms with Gasteiger partial charge in [-0.3, -0.25) is 0 Å². The maximum absolute atomic E-state index is 13.7.